The molecule has 4 aliphatic rings. The van der Waals surface area contributed by atoms with Crippen molar-refractivity contribution in [2.24, 2.45) is 17.3 Å². The lowest BCUT2D eigenvalue weighted by atomic mass is 9.43. The fraction of sp³-hybridized carbons (Fsp3) is 0.640. The van der Waals surface area contributed by atoms with Gasteiger partial charge in [0.25, 0.3) is 0 Å². The summed E-state index contributed by atoms with van der Waals surface area (Å²) in [5.41, 5.74) is 3.36. The molecule has 9 heteroatoms. The molecule has 1 aliphatic heterocycles. The van der Waals surface area contributed by atoms with E-state index in [2.05, 4.69) is 70.0 Å². The van der Waals surface area contributed by atoms with E-state index >= 15 is 0 Å². The SMILES string of the molecule is C=CS(=O)(=O)CNCC(=O)N[C@@H](Cc1ccc(C)c(C)c1)B1O[C@@H]2C[C@@H]3C[C@@H](C3(C)C)[C@]2(C)O1. The standard InChI is InChI=1S/C25H37BN2O5S/c1-7-34(30,31)15-27-14-23(29)28-22(11-18-9-8-16(2)17(3)10-18)26-32-21-13-19-12-20(24(19,4)5)25(21,6)33-26/h7-10,19-22,27H,1,11-15H2,2-6H3,(H,28,29)/t19-,20-,21+,22-,25-/m0/s1. The Bertz CT molecular complexity index is 1080. The first-order valence-corrected chi connectivity index (χ1v) is 13.8. The van der Waals surface area contributed by atoms with Gasteiger partial charge < -0.3 is 14.6 Å². The fourth-order valence-corrected chi connectivity index (χ4v) is 6.60. The molecule has 0 radical (unpaired) electrons. The lowest BCUT2D eigenvalue weighted by molar-refractivity contribution is -0.199. The molecule has 2 bridgehead atoms. The van der Waals surface area contributed by atoms with Crippen LogP contribution in [0.25, 0.3) is 0 Å². The van der Waals surface area contributed by atoms with Crippen LogP contribution in [0.2, 0.25) is 0 Å². The number of sulfone groups is 1. The molecule has 2 N–H and O–H groups in total. The average Bonchev–Trinajstić information content (AvgIpc) is 3.12. The van der Waals surface area contributed by atoms with Crippen LogP contribution in [0.1, 0.15) is 50.3 Å². The van der Waals surface area contributed by atoms with Gasteiger partial charge in [-0.1, -0.05) is 38.6 Å². The monoisotopic (exact) mass is 488 g/mol. The summed E-state index contributed by atoms with van der Waals surface area (Å²) in [5, 5.41) is 6.62. The molecule has 34 heavy (non-hydrogen) atoms. The van der Waals surface area contributed by atoms with E-state index in [0.717, 1.165) is 23.8 Å². The molecule has 1 aromatic rings. The molecular weight excluding hydrogens is 451 g/mol. The molecule has 0 aromatic heterocycles. The van der Waals surface area contributed by atoms with Crippen LogP contribution in [0.4, 0.5) is 0 Å². The third-order valence-electron chi connectivity index (χ3n) is 8.51. The van der Waals surface area contributed by atoms with Crippen LogP contribution in [-0.2, 0) is 30.4 Å². The molecule has 7 nitrogen and oxygen atoms in total. The maximum atomic E-state index is 12.8. The Kier molecular flexibility index (Phi) is 6.79. The van der Waals surface area contributed by atoms with Crippen molar-refractivity contribution in [3.05, 3.63) is 46.9 Å². The normalized spacial score (nSPS) is 30.3. The molecule has 3 saturated carbocycles. The zero-order chi connectivity index (χ0) is 24.9. The van der Waals surface area contributed by atoms with Gasteiger partial charge in [0.05, 0.1) is 24.2 Å². The molecule has 1 amide bonds. The van der Waals surface area contributed by atoms with Crippen LogP contribution in [0.5, 0.6) is 0 Å². The Balaban J connectivity index is 1.49. The highest BCUT2D eigenvalue weighted by molar-refractivity contribution is 7.94. The van der Waals surface area contributed by atoms with Crippen molar-refractivity contribution in [3.63, 3.8) is 0 Å². The van der Waals surface area contributed by atoms with Crippen LogP contribution >= 0.6 is 0 Å². The van der Waals surface area contributed by atoms with Crippen molar-refractivity contribution in [2.75, 3.05) is 12.4 Å². The second-order valence-electron chi connectivity index (χ2n) is 11.0. The third-order valence-corrected chi connectivity index (χ3v) is 9.63. The minimum Gasteiger partial charge on any atom is -0.404 e. The van der Waals surface area contributed by atoms with Crippen LogP contribution in [0.3, 0.4) is 0 Å². The molecule has 5 rings (SSSR count). The van der Waals surface area contributed by atoms with Crippen LogP contribution < -0.4 is 10.6 Å². The Morgan fingerprint density at radius 1 is 1.26 bits per heavy atom. The molecule has 1 saturated heterocycles. The molecule has 1 aromatic carbocycles. The first-order chi connectivity index (χ1) is 15.9. The van der Waals surface area contributed by atoms with E-state index in [-0.39, 0.29) is 35.4 Å². The Morgan fingerprint density at radius 3 is 2.65 bits per heavy atom. The maximum Gasteiger partial charge on any atom is 0.482 e. The third kappa shape index (κ3) is 4.72. The molecule has 186 valence electrons. The summed E-state index contributed by atoms with van der Waals surface area (Å²) in [4.78, 5) is 12.8. The summed E-state index contributed by atoms with van der Waals surface area (Å²) in [6.07, 6.45) is 2.71. The summed E-state index contributed by atoms with van der Waals surface area (Å²) >= 11 is 0. The Hall–Kier alpha value is -1.68. The zero-order valence-electron chi connectivity index (χ0n) is 20.9. The predicted octanol–water partition coefficient (Wildman–Crippen LogP) is 2.70. The van der Waals surface area contributed by atoms with E-state index in [1.807, 2.05) is 0 Å². The van der Waals surface area contributed by atoms with Crippen molar-refractivity contribution >= 4 is 22.9 Å². The zero-order valence-corrected chi connectivity index (χ0v) is 21.7. The number of rotatable bonds is 9. The van der Waals surface area contributed by atoms with Gasteiger partial charge in [0, 0.05) is 5.41 Å². The molecule has 0 spiro atoms. The van der Waals surface area contributed by atoms with Crippen molar-refractivity contribution in [1.82, 2.24) is 10.6 Å². The summed E-state index contributed by atoms with van der Waals surface area (Å²) in [6.45, 7) is 14.1. The number of benzene rings is 1. The quantitative estimate of drug-likeness (QED) is 0.520. The van der Waals surface area contributed by atoms with Crippen molar-refractivity contribution in [2.45, 2.75) is 71.5 Å². The lowest BCUT2D eigenvalue weighted by Crippen LogP contribution is -2.65. The summed E-state index contributed by atoms with van der Waals surface area (Å²) in [5.74, 6) is 0.0415. The lowest BCUT2D eigenvalue weighted by Gasteiger charge is -2.64. The van der Waals surface area contributed by atoms with Gasteiger partial charge in [-0.2, -0.15) is 0 Å². The molecule has 4 fully saturated rings. The van der Waals surface area contributed by atoms with E-state index in [1.165, 1.54) is 11.1 Å². The second-order valence-corrected chi connectivity index (χ2v) is 13.0. The van der Waals surface area contributed by atoms with Crippen LogP contribution in [0, 0.1) is 31.1 Å². The minimum atomic E-state index is -3.43. The number of nitrogens with one attached hydrogen (secondary N) is 2. The number of aryl methyl sites for hydroxylation is 2. The minimum absolute atomic E-state index is 0.0179. The van der Waals surface area contributed by atoms with Gasteiger partial charge in [0.2, 0.25) is 5.91 Å². The summed E-state index contributed by atoms with van der Waals surface area (Å²) < 4.78 is 36.4. The van der Waals surface area contributed by atoms with Gasteiger partial charge in [-0.15, -0.1) is 0 Å². The van der Waals surface area contributed by atoms with E-state index in [0.29, 0.717) is 18.3 Å². The van der Waals surface area contributed by atoms with E-state index in [9.17, 15) is 13.2 Å². The molecular formula is C25H37BN2O5S. The number of hydrogen-bond donors (Lipinski definition) is 2. The summed E-state index contributed by atoms with van der Waals surface area (Å²) in [7, 11) is -3.99. The largest absolute Gasteiger partial charge is 0.482 e. The van der Waals surface area contributed by atoms with E-state index < -0.39 is 22.9 Å². The van der Waals surface area contributed by atoms with Crippen molar-refractivity contribution in [1.29, 1.82) is 0 Å². The van der Waals surface area contributed by atoms with E-state index in [4.69, 9.17) is 9.31 Å². The summed E-state index contributed by atoms with van der Waals surface area (Å²) in [6, 6.07) is 6.29. The van der Waals surface area contributed by atoms with Gasteiger partial charge >= 0.3 is 7.12 Å². The number of amides is 1. The maximum absolute atomic E-state index is 12.8. The fourth-order valence-electron chi connectivity index (χ4n) is 6.09. The predicted molar refractivity (Wildman–Crippen MR) is 134 cm³/mol. The second kappa shape index (κ2) is 9.08. The molecule has 3 aliphatic carbocycles. The average molecular weight is 488 g/mol. The highest BCUT2D eigenvalue weighted by Crippen LogP contribution is 2.65. The number of carbonyl (C=O) groups excluding carboxylic acids is 1. The van der Waals surface area contributed by atoms with Gasteiger partial charge in [-0.25, -0.2) is 8.42 Å². The smallest absolute Gasteiger partial charge is 0.404 e. The van der Waals surface area contributed by atoms with Crippen LogP contribution in [-0.4, -0.2) is 51.5 Å². The highest BCUT2D eigenvalue weighted by Gasteiger charge is 2.68. The molecule has 5 atom stereocenters. The van der Waals surface area contributed by atoms with E-state index in [1.54, 1.807) is 0 Å². The molecule has 0 unspecified atom stereocenters. The Labute approximate surface area is 204 Å². The van der Waals surface area contributed by atoms with Gasteiger partial charge in [-0.3, -0.25) is 10.1 Å². The number of hydrogen-bond acceptors (Lipinski definition) is 6. The van der Waals surface area contributed by atoms with Gasteiger partial charge in [0.1, 0.15) is 5.88 Å². The molecule has 1 heterocycles. The topological polar surface area (TPSA) is 93.7 Å². The first kappa shape index (κ1) is 25.4. The van der Waals surface area contributed by atoms with Gasteiger partial charge in [0.15, 0.2) is 9.84 Å². The van der Waals surface area contributed by atoms with Gasteiger partial charge in [-0.05, 0) is 74.0 Å². The van der Waals surface area contributed by atoms with Crippen LogP contribution in [0.15, 0.2) is 30.2 Å². The van der Waals surface area contributed by atoms with Crippen molar-refractivity contribution in [3.8, 4) is 0 Å². The highest BCUT2D eigenvalue weighted by atomic mass is 32.2. The number of carbonyl (C=O) groups is 1. The van der Waals surface area contributed by atoms with Crippen molar-refractivity contribution < 1.29 is 22.5 Å². The Morgan fingerprint density at radius 2 is 2.00 bits per heavy atom. The first-order valence-electron chi connectivity index (χ1n) is 12.1.